The van der Waals surface area contributed by atoms with E-state index in [9.17, 15) is 13.2 Å². The maximum Gasteiger partial charge on any atom is 0.407 e. The molecule has 4 heteroatoms. The van der Waals surface area contributed by atoms with Gasteiger partial charge in [-0.25, -0.2) is 0 Å². The molecule has 0 amide bonds. The first-order valence-corrected chi connectivity index (χ1v) is 6.26. The van der Waals surface area contributed by atoms with Crippen LogP contribution >= 0.6 is 0 Å². The molecule has 0 aromatic heterocycles. The summed E-state index contributed by atoms with van der Waals surface area (Å²) >= 11 is 0. The zero-order valence-electron chi connectivity index (χ0n) is 11.0. The lowest BCUT2D eigenvalue weighted by atomic mass is 9.99. The van der Waals surface area contributed by atoms with Crippen LogP contribution in [0.1, 0.15) is 50.3 Å². The minimum absolute atomic E-state index is 0.278. The molecule has 0 bridgehead atoms. The molecule has 0 saturated carbocycles. The third-order valence-corrected chi connectivity index (χ3v) is 2.86. The largest absolute Gasteiger partial charge is 0.407 e. The lowest BCUT2D eigenvalue weighted by molar-refractivity contribution is -0.157. The molecule has 0 aliphatic rings. The lowest BCUT2D eigenvalue weighted by Crippen LogP contribution is -2.34. The molecular formula is C14H20F3N. The van der Waals surface area contributed by atoms with Crippen LogP contribution in [-0.2, 0) is 0 Å². The van der Waals surface area contributed by atoms with E-state index in [4.69, 9.17) is 0 Å². The van der Waals surface area contributed by atoms with Crippen molar-refractivity contribution in [2.75, 3.05) is 6.54 Å². The van der Waals surface area contributed by atoms with Crippen LogP contribution in [0, 0.1) is 0 Å². The van der Waals surface area contributed by atoms with Crippen molar-refractivity contribution >= 4 is 0 Å². The highest BCUT2D eigenvalue weighted by Crippen LogP contribution is 2.33. The molecule has 18 heavy (non-hydrogen) atoms. The zero-order valence-corrected chi connectivity index (χ0v) is 11.0. The Morgan fingerprint density at radius 1 is 1.06 bits per heavy atom. The summed E-state index contributed by atoms with van der Waals surface area (Å²) in [4.78, 5) is 0. The predicted octanol–water partition coefficient (Wildman–Crippen LogP) is 4.41. The highest BCUT2D eigenvalue weighted by Gasteiger charge is 2.40. The molecule has 1 aromatic carbocycles. The first kappa shape index (κ1) is 15.0. The summed E-state index contributed by atoms with van der Waals surface area (Å²) < 4.78 is 38.8. The van der Waals surface area contributed by atoms with Gasteiger partial charge in [-0.2, -0.15) is 13.2 Å². The van der Waals surface area contributed by atoms with Crippen LogP contribution in [0.2, 0.25) is 0 Å². The van der Waals surface area contributed by atoms with Gasteiger partial charge in [-0.15, -0.1) is 0 Å². The Bertz CT molecular complexity index is 354. The third-order valence-electron chi connectivity index (χ3n) is 2.86. The van der Waals surface area contributed by atoms with Gasteiger partial charge >= 0.3 is 6.18 Å². The summed E-state index contributed by atoms with van der Waals surface area (Å²) in [5, 5.41) is 2.55. The second-order valence-corrected chi connectivity index (χ2v) is 4.75. The van der Waals surface area contributed by atoms with Gasteiger partial charge in [-0.05, 0) is 30.0 Å². The van der Waals surface area contributed by atoms with Crippen molar-refractivity contribution in [1.29, 1.82) is 0 Å². The zero-order chi connectivity index (χ0) is 13.8. The van der Waals surface area contributed by atoms with Crippen molar-refractivity contribution in [3.05, 3.63) is 35.4 Å². The standard InChI is InChI=1S/C14H20F3N/c1-4-9-18-13(14(15,16)17)12-7-5-11(6-8-12)10(2)3/h5-8,10,13,18H,4,9H2,1-3H3. The maximum atomic E-state index is 12.9. The Balaban J connectivity index is 2.91. The Hall–Kier alpha value is -1.03. The number of halogens is 3. The summed E-state index contributed by atoms with van der Waals surface area (Å²) in [7, 11) is 0. The maximum absolute atomic E-state index is 12.9. The van der Waals surface area contributed by atoms with Crippen LogP contribution in [0.25, 0.3) is 0 Å². The summed E-state index contributed by atoms with van der Waals surface area (Å²) in [5.74, 6) is 0.326. The van der Waals surface area contributed by atoms with Crippen molar-refractivity contribution < 1.29 is 13.2 Å². The van der Waals surface area contributed by atoms with Crippen LogP contribution < -0.4 is 5.32 Å². The van der Waals surface area contributed by atoms with Crippen LogP contribution in [0.5, 0.6) is 0 Å². The van der Waals surface area contributed by atoms with Crippen molar-refractivity contribution in [3.63, 3.8) is 0 Å². The molecule has 1 aromatic rings. The number of rotatable bonds is 5. The van der Waals surface area contributed by atoms with E-state index in [0.717, 1.165) is 5.56 Å². The van der Waals surface area contributed by atoms with Gasteiger partial charge in [0, 0.05) is 0 Å². The molecule has 0 radical (unpaired) electrons. The third kappa shape index (κ3) is 4.02. The molecule has 0 saturated heterocycles. The highest BCUT2D eigenvalue weighted by atomic mass is 19.4. The van der Waals surface area contributed by atoms with E-state index in [1.807, 2.05) is 20.8 Å². The van der Waals surface area contributed by atoms with E-state index in [2.05, 4.69) is 5.32 Å². The Morgan fingerprint density at radius 2 is 1.56 bits per heavy atom. The van der Waals surface area contributed by atoms with E-state index >= 15 is 0 Å². The minimum Gasteiger partial charge on any atom is -0.302 e. The number of hydrogen-bond acceptors (Lipinski definition) is 1. The molecule has 0 fully saturated rings. The monoisotopic (exact) mass is 259 g/mol. The van der Waals surface area contributed by atoms with Gasteiger partial charge in [0.2, 0.25) is 0 Å². The molecule has 0 aliphatic heterocycles. The molecule has 1 atom stereocenters. The molecule has 1 N–H and O–H groups in total. The minimum atomic E-state index is -4.26. The fourth-order valence-corrected chi connectivity index (χ4v) is 1.78. The fourth-order valence-electron chi connectivity index (χ4n) is 1.78. The van der Waals surface area contributed by atoms with E-state index in [1.165, 1.54) is 0 Å². The average Bonchev–Trinajstić information content (AvgIpc) is 2.28. The fraction of sp³-hybridized carbons (Fsp3) is 0.571. The Labute approximate surface area is 106 Å². The van der Waals surface area contributed by atoms with Crippen LogP contribution in [0.4, 0.5) is 13.2 Å². The molecule has 0 spiro atoms. The Morgan fingerprint density at radius 3 is 1.94 bits per heavy atom. The van der Waals surface area contributed by atoms with Gasteiger partial charge in [0.15, 0.2) is 0 Å². The molecule has 0 aliphatic carbocycles. The van der Waals surface area contributed by atoms with Crippen LogP contribution in [0.15, 0.2) is 24.3 Å². The number of benzene rings is 1. The predicted molar refractivity (Wildman–Crippen MR) is 67.6 cm³/mol. The van der Waals surface area contributed by atoms with Crippen molar-refractivity contribution in [2.45, 2.75) is 45.3 Å². The summed E-state index contributed by atoms with van der Waals surface area (Å²) in [6.45, 7) is 6.25. The van der Waals surface area contributed by atoms with Gasteiger partial charge in [0.05, 0.1) is 0 Å². The van der Waals surface area contributed by atoms with Gasteiger partial charge in [0.1, 0.15) is 6.04 Å². The summed E-state index contributed by atoms with van der Waals surface area (Å²) in [6, 6.07) is 5.10. The molecule has 102 valence electrons. The number of alkyl halides is 3. The van der Waals surface area contributed by atoms with Crippen molar-refractivity contribution in [2.24, 2.45) is 0 Å². The van der Waals surface area contributed by atoms with E-state index in [0.29, 0.717) is 18.9 Å². The van der Waals surface area contributed by atoms with Crippen molar-refractivity contribution in [3.8, 4) is 0 Å². The molecule has 1 nitrogen and oxygen atoms in total. The van der Waals surface area contributed by atoms with Crippen LogP contribution in [-0.4, -0.2) is 12.7 Å². The second kappa shape index (κ2) is 6.23. The first-order valence-electron chi connectivity index (χ1n) is 6.26. The Kier molecular flexibility index (Phi) is 5.20. The normalized spacial score (nSPS) is 13.9. The van der Waals surface area contributed by atoms with Gasteiger partial charge in [-0.3, -0.25) is 0 Å². The SMILES string of the molecule is CCCNC(c1ccc(C(C)C)cc1)C(F)(F)F. The van der Waals surface area contributed by atoms with Crippen LogP contribution in [0.3, 0.4) is 0 Å². The number of hydrogen-bond donors (Lipinski definition) is 1. The highest BCUT2D eigenvalue weighted by molar-refractivity contribution is 5.27. The van der Waals surface area contributed by atoms with Gasteiger partial charge in [-0.1, -0.05) is 45.0 Å². The van der Waals surface area contributed by atoms with E-state index < -0.39 is 12.2 Å². The van der Waals surface area contributed by atoms with E-state index in [1.54, 1.807) is 24.3 Å². The average molecular weight is 259 g/mol. The number of nitrogens with one attached hydrogen (secondary N) is 1. The summed E-state index contributed by atoms with van der Waals surface area (Å²) in [6.07, 6.45) is -3.58. The second-order valence-electron chi connectivity index (χ2n) is 4.75. The molecule has 0 heterocycles. The molecular weight excluding hydrogens is 239 g/mol. The van der Waals surface area contributed by atoms with Gasteiger partial charge < -0.3 is 5.32 Å². The smallest absolute Gasteiger partial charge is 0.302 e. The van der Waals surface area contributed by atoms with Gasteiger partial charge in [0.25, 0.3) is 0 Å². The van der Waals surface area contributed by atoms with E-state index in [-0.39, 0.29) is 5.56 Å². The quantitative estimate of drug-likeness (QED) is 0.825. The first-order chi connectivity index (χ1) is 8.36. The van der Waals surface area contributed by atoms with Crippen molar-refractivity contribution in [1.82, 2.24) is 5.32 Å². The topological polar surface area (TPSA) is 12.0 Å². The molecule has 1 rings (SSSR count). The molecule has 1 unspecified atom stereocenters. The lowest BCUT2D eigenvalue weighted by Gasteiger charge is -2.22. The summed E-state index contributed by atoms with van der Waals surface area (Å²) in [5.41, 5.74) is 1.33.